The standard InChI is InChI=1S/C19H24N2O4/c1-12-6-7-15(13(2)8-12)20-11-18(22)21-14-9-16(23-3)19(25-5)17(10-14)24-4/h6-10,20H,11H2,1-5H3,(H,21,22). The fourth-order valence-corrected chi connectivity index (χ4v) is 2.55. The Bertz CT molecular complexity index is 734. The molecule has 0 aromatic heterocycles. The minimum Gasteiger partial charge on any atom is -0.493 e. The number of nitrogens with one attached hydrogen (secondary N) is 2. The normalized spacial score (nSPS) is 10.1. The molecule has 1 amide bonds. The largest absolute Gasteiger partial charge is 0.493 e. The number of hydrogen-bond donors (Lipinski definition) is 2. The Balaban J connectivity index is 2.07. The predicted octanol–water partition coefficient (Wildman–Crippen LogP) is 3.38. The first-order valence-electron chi connectivity index (χ1n) is 7.89. The van der Waals surface area contributed by atoms with Crippen LogP contribution in [0.15, 0.2) is 30.3 Å². The van der Waals surface area contributed by atoms with Crippen LogP contribution >= 0.6 is 0 Å². The van der Waals surface area contributed by atoms with E-state index in [0.717, 1.165) is 11.3 Å². The van der Waals surface area contributed by atoms with Gasteiger partial charge in [-0.1, -0.05) is 17.7 Å². The number of amides is 1. The number of aryl methyl sites for hydroxylation is 2. The molecule has 0 radical (unpaired) electrons. The van der Waals surface area contributed by atoms with E-state index in [-0.39, 0.29) is 12.5 Å². The van der Waals surface area contributed by atoms with Crippen molar-refractivity contribution in [2.45, 2.75) is 13.8 Å². The van der Waals surface area contributed by atoms with Gasteiger partial charge in [0.25, 0.3) is 0 Å². The Morgan fingerprint density at radius 2 is 1.60 bits per heavy atom. The van der Waals surface area contributed by atoms with E-state index < -0.39 is 0 Å². The summed E-state index contributed by atoms with van der Waals surface area (Å²) in [5, 5.41) is 5.97. The number of rotatable bonds is 7. The van der Waals surface area contributed by atoms with Gasteiger partial charge in [0.2, 0.25) is 11.7 Å². The lowest BCUT2D eigenvalue weighted by Crippen LogP contribution is -2.22. The fourth-order valence-electron chi connectivity index (χ4n) is 2.55. The topological polar surface area (TPSA) is 68.8 Å². The van der Waals surface area contributed by atoms with Gasteiger partial charge < -0.3 is 24.8 Å². The minimum atomic E-state index is -0.172. The molecule has 25 heavy (non-hydrogen) atoms. The third-order valence-electron chi connectivity index (χ3n) is 3.77. The van der Waals surface area contributed by atoms with Crippen LogP contribution < -0.4 is 24.8 Å². The van der Waals surface area contributed by atoms with E-state index in [0.29, 0.717) is 22.9 Å². The minimum absolute atomic E-state index is 0.153. The van der Waals surface area contributed by atoms with Crippen LogP contribution in [-0.4, -0.2) is 33.8 Å². The molecule has 0 fully saturated rings. The van der Waals surface area contributed by atoms with Gasteiger partial charge >= 0.3 is 0 Å². The van der Waals surface area contributed by atoms with E-state index in [2.05, 4.69) is 16.7 Å². The highest BCUT2D eigenvalue weighted by molar-refractivity contribution is 5.94. The highest BCUT2D eigenvalue weighted by Crippen LogP contribution is 2.39. The zero-order valence-electron chi connectivity index (χ0n) is 15.2. The first kappa shape index (κ1) is 18.4. The maximum absolute atomic E-state index is 12.2. The van der Waals surface area contributed by atoms with Gasteiger partial charge in [0.1, 0.15) is 0 Å². The lowest BCUT2D eigenvalue weighted by Gasteiger charge is -2.15. The first-order chi connectivity index (χ1) is 12.0. The summed E-state index contributed by atoms with van der Waals surface area (Å²) in [7, 11) is 4.60. The van der Waals surface area contributed by atoms with Crippen LogP contribution in [0, 0.1) is 13.8 Å². The maximum atomic E-state index is 12.2. The second-order valence-electron chi connectivity index (χ2n) is 5.63. The molecule has 6 heteroatoms. The van der Waals surface area contributed by atoms with E-state index in [1.54, 1.807) is 12.1 Å². The molecule has 0 unspecified atom stereocenters. The van der Waals surface area contributed by atoms with Gasteiger partial charge in [0, 0.05) is 23.5 Å². The molecule has 6 nitrogen and oxygen atoms in total. The molecule has 0 bridgehead atoms. The summed E-state index contributed by atoms with van der Waals surface area (Å²) < 4.78 is 15.8. The Labute approximate surface area is 148 Å². The first-order valence-corrected chi connectivity index (χ1v) is 7.89. The van der Waals surface area contributed by atoms with Crippen LogP contribution in [0.25, 0.3) is 0 Å². The van der Waals surface area contributed by atoms with Crippen molar-refractivity contribution in [3.63, 3.8) is 0 Å². The van der Waals surface area contributed by atoms with Gasteiger partial charge in [-0.3, -0.25) is 4.79 Å². The van der Waals surface area contributed by atoms with Crippen LogP contribution in [0.2, 0.25) is 0 Å². The molecule has 2 N–H and O–H groups in total. The van der Waals surface area contributed by atoms with Crippen LogP contribution in [-0.2, 0) is 4.79 Å². The van der Waals surface area contributed by atoms with Gasteiger partial charge in [0.15, 0.2) is 11.5 Å². The monoisotopic (exact) mass is 344 g/mol. The van der Waals surface area contributed by atoms with Gasteiger partial charge in [-0.05, 0) is 25.5 Å². The molecule has 0 aliphatic carbocycles. The highest BCUT2D eigenvalue weighted by Gasteiger charge is 2.14. The summed E-state index contributed by atoms with van der Waals surface area (Å²) in [6.45, 7) is 4.20. The van der Waals surface area contributed by atoms with Crippen molar-refractivity contribution in [2.75, 3.05) is 38.5 Å². The summed E-state index contributed by atoms with van der Waals surface area (Å²) in [4.78, 5) is 12.2. The van der Waals surface area contributed by atoms with Crippen molar-refractivity contribution < 1.29 is 19.0 Å². The smallest absolute Gasteiger partial charge is 0.243 e. The quantitative estimate of drug-likeness (QED) is 0.806. The Morgan fingerprint density at radius 3 is 2.12 bits per heavy atom. The molecule has 2 rings (SSSR count). The molecule has 0 aliphatic heterocycles. The molecule has 134 valence electrons. The molecular weight excluding hydrogens is 320 g/mol. The van der Waals surface area contributed by atoms with Crippen molar-refractivity contribution in [3.05, 3.63) is 41.5 Å². The second kappa shape index (κ2) is 8.28. The SMILES string of the molecule is COc1cc(NC(=O)CNc2ccc(C)cc2C)cc(OC)c1OC. The fraction of sp³-hybridized carbons (Fsp3) is 0.316. The van der Waals surface area contributed by atoms with Gasteiger partial charge in [0.05, 0.1) is 27.9 Å². The summed E-state index contributed by atoms with van der Waals surface area (Å²) in [6, 6.07) is 9.43. The molecule has 2 aromatic rings. The van der Waals surface area contributed by atoms with Crippen LogP contribution in [0.3, 0.4) is 0 Å². The van der Waals surface area contributed by atoms with Gasteiger partial charge in [-0.25, -0.2) is 0 Å². The molecule has 0 saturated heterocycles. The van der Waals surface area contributed by atoms with E-state index in [1.165, 1.54) is 26.9 Å². The third-order valence-corrected chi connectivity index (χ3v) is 3.77. The third kappa shape index (κ3) is 4.56. The molecular formula is C19H24N2O4. The van der Waals surface area contributed by atoms with Crippen LogP contribution in [0.1, 0.15) is 11.1 Å². The number of anilines is 2. The molecule has 0 aliphatic rings. The molecule has 2 aromatic carbocycles. The number of benzene rings is 2. The highest BCUT2D eigenvalue weighted by atomic mass is 16.5. The zero-order valence-corrected chi connectivity index (χ0v) is 15.2. The molecule has 0 saturated carbocycles. The summed E-state index contributed by atoms with van der Waals surface area (Å²) >= 11 is 0. The van der Waals surface area contributed by atoms with Crippen molar-refractivity contribution >= 4 is 17.3 Å². The zero-order chi connectivity index (χ0) is 18.4. The summed E-state index contributed by atoms with van der Waals surface area (Å²) in [6.07, 6.45) is 0. The average molecular weight is 344 g/mol. The Hall–Kier alpha value is -2.89. The molecule has 0 heterocycles. The summed E-state index contributed by atoms with van der Waals surface area (Å²) in [5.41, 5.74) is 3.79. The number of methoxy groups -OCH3 is 3. The van der Waals surface area contributed by atoms with Crippen molar-refractivity contribution in [2.24, 2.45) is 0 Å². The van der Waals surface area contributed by atoms with Gasteiger partial charge in [-0.15, -0.1) is 0 Å². The van der Waals surface area contributed by atoms with Crippen LogP contribution in [0.4, 0.5) is 11.4 Å². The van der Waals surface area contributed by atoms with Crippen LogP contribution in [0.5, 0.6) is 17.2 Å². The number of carbonyl (C=O) groups excluding carboxylic acids is 1. The van der Waals surface area contributed by atoms with E-state index in [9.17, 15) is 4.79 Å². The van der Waals surface area contributed by atoms with Crippen molar-refractivity contribution in [3.8, 4) is 17.2 Å². The van der Waals surface area contributed by atoms with E-state index in [1.807, 2.05) is 26.0 Å². The number of ether oxygens (including phenoxy) is 3. The lowest BCUT2D eigenvalue weighted by atomic mass is 10.1. The molecule has 0 spiro atoms. The molecule has 0 atom stereocenters. The van der Waals surface area contributed by atoms with Gasteiger partial charge in [-0.2, -0.15) is 0 Å². The van der Waals surface area contributed by atoms with Crippen molar-refractivity contribution in [1.29, 1.82) is 0 Å². The predicted molar refractivity (Wildman–Crippen MR) is 99.1 cm³/mol. The van der Waals surface area contributed by atoms with Crippen molar-refractivity contribution in [1.82, 2.24) is 0 Å². The Morgan fingerprint density at radius 1 is 0.960 bits per heavy atom. The van der Waals surface area contributed by atoms with E-state index >= 15 is 0 Å². The Kier molecular flexibility index (Phi) is 6.11. The summed E-state index contributed by atoms with van der Waals surface area (Å²) in [5.74, 6) is 1.28. The van der Waals surface area contributed by atoms with E-state index in [4.69, 9.17) is 14.2 Å². The number of carbonyl (C=O) groups is 1. The average Bonchev–Trinajstić information content (AvgIpc) is 2.60. The second-order valence-corrected chi connectivity index (χ2v) is 5.63. The maximum Gasteiger partial charge on any atom is 0.243 e. The number of hydrogen-bond acceptors (Lipinski definition) is 5. The lowest BCUT2D eigenvalue weighted by molar-refractivity contribution is -0.114.